The monoisotopic (exact) mass is 256 g/mol. The number of fused-ring (bicyclic) bond motifs is 1. The van der Waals surface area contributed by atoms with Gasteiger partial charge in [0.25, 0.3) is 5.56 Å². The lowest BCUT2D eigenvalue weighted by atomic mass is 10.2. The summed E-state index contributed by atoms with van der Waals surface area (Å²) in [5.74, 6) is 0. The highest BCUT2D eigenvalue weighted by Gasteiger charge is 2.06. The van der Waals surface area contributed by atoms with Gasteiger partial charge in [0.2, 0.25) is 0 Å². The van der Waals surface area contributed by atoms with E-state index in [1.54, 1.807) is 18.2 Å². The van der Waals surface area contributed by atoms with E-state index in [1.165, 1.54) is 23.7 Å². The van der Waals surface area contributed by atoms with Crippen molar-refractivity contribution in [1.29, 1.82) is 0 Å². The molecule has 0 radical (unpaired) electrons. The summed E-state index contributed by atoms with van der Waals surface area (Å²) in [4.78, 5) is 15.9. The molecule has 5 heteroatoms. The van der Waals surface area contributed by atoms with E-state index < -0.39 is 0 Å². The number of hydrogen-bond acceptors (Lipinski definition) is 4. The second-order valence-electron chi connectivity index (χ2n) is 3.77. The molecule has 18 heavy (non-hydrogen) atoms. The first-order chi connectivity index (χ1) is 8.74. The van der Waals surface area contributed by atoms with E-state index in [1.807, 2.05) is 18.2 Å². The smallest absolute Gasteiger partial charge is 0.279 e. The van der Waals surface area contributed by atoms with Crippen LogP contribution in [0, 0.1) is 5.21 Å². The largest absolute Gasteiger partial charge is 0.619 e. The van der Waals surface area contributed by atoms with Crippen LogP contribution in [0.5, 0.6) is 0 Å². The molecule has 1 aromatic carbocycles. The Morgan fingerprint density at radius 3 is 2.61 bits per heavy atom. The van der Waals surface area contributed by atoms with Crippen molar-refractivity contribution in [3.05, 3.63) is 64.4 Å². The molecule has 0 N–H and O–H groups in total. The van der Waals surface area contributed by atoms with E-state index in [0.717, 1.165) is 10.3 Å². The third kappa shape index (κ3) is 1.84. The molecule has 4 nitrogen and oxygen atoms in total. The summed E-state index contributed by atoms with van der Waals surface area (Å²) < 4.78 is 1.60. The van der Waals surface area contributed by atoms with Crippen LogP contribution in [0.2, 0.25) is 0 Å². The van der Waals surface area contributed by atoms with Gasteiger partial charge in [-0.05, 0) is 12.1 Å². The van der Waals surface area contributed by atoms with Crippen molar-refractivity contribution in [2.75, 3.05) is 0 Å². The Morgan fingerprint density at radius 1 is 1.11 bits per heavy atom. The molecule has 0 saturated heterocycles. The standard InChI is InChI=1S/C13H8N2O2S/c16-12-10-3-1-2-4-11(10)18-13(14-12)9-5-7-15(17)8-6-9/h1-8H. The summed E-state index contributed by atoms with van der Waals surface area (Å²) >= 11 is 1.44. The first kappa shape index (κ1) is 10.9. The Hall–Kier alpha value is -2.27. The zero-order valence-electron chi connectivity index (χ0n) is 9.24. The molecule has 0 amide bonds. The molecule has 0 bridgehead atoms. The van der Waals surface area contributed by atoms with E-state index in [2.05, 4.69) is 4.98 Å². The van der Waals surface area contributed by atoms with Gasteiger partial charge in [-0.1, -0.05) is 12.1 Å². The molecule has 0 saturated carbocycles. The molecule has 0 aliphatic heterocycles. The minimum atomic E-state index is -0.238. The summed E-state index contributed by atoms with van der Waals surface area (Å²) in [6.45, 7) is 0. The quantitative estimate of drug-likeness (QED) is 0.494. The predicted molar refractivity (Wildman–Crippen MR) is 70.3 cm³/mol. The molecule has 0 spiro atoms. The van der Waals surface area contributed by atoms with E-state index in [-0.39, 0.29) is 5.56 Å². The number of hydrogen-bond donors (Lipinski definition) is 0. The summed E-state index contributed by atoms with van der Waals surface area (Å²) in [6.07, 6.45) is 2.78. The van der Waals surface area contributed by atoms with Crippen LogP contribution in [0.15, 0.2) is 53.6 Å². The maximum Gasteiger partial charge on any atom is 0.279 e. The molecule has 3 rings (SSSR count). The van der Waals surface area contributed by atoms with Gasteiger partial charge in [-0.3, -0.25) is 4.79 Å². The van der Waals surface area contributed by atoms with Gasteiger partial charge in [0.05, 0.1) is 5.39 Å². The van der Waals surface area contributed by atoms with Crippen LogP contribution in [0.25, 0.3) is 20.7 Å². The molecule has 3 aromatic rings. The van der Waals surface area contributed by atoms with Gasteiger partial charge >= 0.3 is 0 Å². The molecular weight excluding hydrogens is 248 g/mol. The van der Waals surface area contributed by atoms with Gasteiger partial charge in [0.15, 0.2) is 12.4 Å². The van der Waals surface area contributed by atoms with Crippen molar-refractivity contribution in [3.63, 3.8) is 0 Å². The van der Waals surface area contributed by atoms with Crippen LogP contribution in [0.4, 0.5) is 0 Å². The summed E-state index contributed by atoms with van der Waals surface area (Å²) in [7, 11) is 0. The number of benzene rings is 1. The van der Waals surface area contributed by atoms with Gasteiger partial charge in [-0.15, -0.1) is 11.3 Å². The zero-order chi connectivity index (χ0) is 12.5. The summed E-state index contributed by atoms with van der Waals surface area (Å²) in [5, 5.41) is 12.2. The van der Waals surface area contributed by atoms with Gasteiger partial charge < -0.3 is 5.21 Å². The SMILES string of the molecule is O=c1nc(-c2cc[n+]([O-])cc2)sc2ccccc12. The van der Waals surface area contributed by atoms with Gasteiger partial charge in [0, 0.05) is 22.4 Å². The lowest BCUT2D eigenvalue weighted by molar-refractivity contribution is -0.605. The minimum Gasteiger partial charge on any atom is -0.619 e. The van der Waals surface area contributed by atoms with Gasteiger partial charge in [-0.2, -0.15) is 9.71 Å². The van der Waals surface area contributed by atoms with Crippen molar-refractivity contribution < 1.29 is 4.73 Å². The highest BCUT2D eigenvalue weighted by molar-refractivity contribution is 7.21. The highest BCUT2D eigenvalue weighted by Crippen LogP contribution is 2.24. The Bertz CT molecular complexity index is 766. The normalized spacial score (nSPS) is 10.7. The molecule has 0 fully saturated rings. The van der Waals surface area contributed by atoms with Crippen LogP contribution in [-0.2, 0) is 0 Å². The van der Waals surface area contributed by atoms with Crippen molar-refractivity contribution in [1.82, 2.24) is 4.98 Å². The maximum atomic E-state index is 11.9. The lowest BCUT2D eigenvalue weighted by Crippen LogP contribution is -2.23. The van der Waals surface area contributed by atoms with E-state index in [0.29, 0.717) is 15.1 Å². The maximum absolute atomic E-state index is 11.9. The Balaban J connectivity index is 2.24. The third-order valence-corrected chi connectivity index (χ3v) is 3.67. The average Bonchev–Trinajstić information content (AvgIpc) is 2.39. The second kappa shape index (κ2) is 4.19. The van der Waals surface area contributed by atoms with Gasteiger partial charge in [-0.25, -0.2) is 0 Å². The van der Waals surface area contributed by atoms with Crippen molar-refractivity contribution >= 4 is 21.4 Å². The topological polar surface area (TPSA) is 56.9 Å². The van der Waals surface area contributed by atoms with Crippen molar-refractivity contribution in [3.8, 4) is 10.6 Å². The summed E-state index contributed by atoms with van der Waals surface area (Å²) in [6, 6.07) is 10.7. The number of rotatable bonds is 1. The Morgan fingerprint density at radius 2 is 1.83 bits per heavy atom. The summed E-state index contributed by atoms with van der Waals surface area (Å²) in [5.41, 5.74) is 0.535. The van der Waals surface area contributed by atoms with E-state index in [9.17, 15) is 10.0 Å². The average molecular weight is 256 g/mol. The van der Waals surface area contributed by atoms with Crippen LogP contribution in [0.3, 0.4) is 0 Å². The van der Waals surface area contributed by atoms with Crippen LogP contribution in [-0.4, -0.2) is 4.98 Å². The van der Waals surface area contributed by atoms with E-state index in [4.69, 9.17) is 0 Å². The van der Waals surface area contributed by atoms with Crippen LogP contribution >= 0.6 is 11.3 Å². The molecule has 2 heterocycles. The van der Waals surface area contributed by atoms with Crippen molar-refractivity contribution in [2.45, 2.75) is 0 Å². The molecule has 88 valence electrons. The molecule has 0 aliphatic carbocycles. The molecule has 0 atom stereocenters. The minimum absolute atomic E-state index is 0.238. The Labute approximate surface area is 106 Å². The fraction of sp³-hybridized carbons (Fsp3) is 0. The zero-order valence-corrected chi connectivity index (χ0v) is 10.1. The number of pyridine rings is 1. The number of nitrogens with zero attached hydrogens (tertiary/aromatic N) is 2. The second-order valence-corrected chi connectivity index (χ2v) is 4.80. The molecule has 0 unspecified atom stereocenters. The molecule has 2 aromatic heterocycles. The fourth-order valence-electron chi connectivity index (χ4n) is 1.69. The number of aromatic nitrogens is 2. The fourth-order valence-corrected chi connectivity index (χ4v) is 2.69. The van der Waals surface area contributed by atoms with Crippen LogP contribution < -0.4 is 10.3 Å². The van der Waals surface area contributed by atoms with Gasteiger partial charge in [0.1, 0.15) is 5.01 Å². The molecular formula is C13H8N2O2S. The third-order valence-electron chi connectivity index (χ3n) is 2.58. The predicted octanol–water partition coefficient (Wildman–Crippen LogP) is 1.96. The van der Waals surface area contributed by atoms with E-state index >= 15 is 0 Å². The Kier molecular flexibility index (Phi) is 2.53. The highest BCUT2D eigenvalue weighted by atomic mass is 32.1. The molecule has 0 aliphatic rings. The van der Waals surface area contributed by atoms with Crippen molar-refractivity contribution in [2.24, 2.45) is 0 Å². The van der Waals surface area contributed by atoms with Crippen LogP contribution in [0.1, 0.15) is 0 Å². The lowest BCUT2D eigenvalue weighted by Gasteiger charge is -2.01. The first-order valence-electron chi connectivity index (χ1n) is 5.33. The first-order valence-corrected chi connectivity index (χ1v) is 6.15.